The molecule has 0 radical (unpaired) electrons. The molecule has 3 heteroatoms. The maximum atomic E-state index is 5.61. The summed E-state index contributed by atoms with van der Waals surface area (Å²) in [6, 6.07) is 1.89. The average Bonchev–Trinajstić information content (AvgIpc) is 2.08. The number of nitrogens with two attached hydrogens (primary N) is 1. The number of hydrogen-bond donors (Lipinski definition) is 2. The van der Waals surface area contributed by atoms with Crippen LogP contribution >= 0.6 is 0 Å². The summed E-state index contributed by atoms with van der Waals surface area (Å²) in [4.78, 5) is 4.06. The zero-order valence-corrected chi connectivity index (χ0v) is 8.18. The third-order valence-corrected chi connectivity index (χ3v) is 1.29. The predicted octanol–water partition coefficient (Wildman–Crippen LogP) is 2.04. The Labute approximate surface area is 74.0 Å². The van der Waals surface area contributed by atoms with Crippen LogP contribution in [0.25, 0.3) is 0 Å². The van der Waals surface area contributed by atoms with Crippen molar-refractivity contribution in [3.05, 3.63) is 17.8 Å². The minimum Gasteiger partial charge on any atom is -0.396 e. The topological polar surface area (TPSA) is 50.9 Å². The highest BCUT2D eigenvalue weighted by molar-refractivity contribution is 5.61. The van der Waals surface area contributed by atoms with Gasteiger partial charge in [-0.1, -0.05) is 13.8 Å². The van der Waals surface area contributed by atoms with Gasteiger partial charge < -0.3 is 11.1 Å². The summed E-state index contributed by atoms with van der Waals surface area (Å²) in [5.74, 6) is 0.741. The van der Waals surface area contributed by atoms with Crippen LogP contribution in [0, 0.1) is 6.92 Å². The lowest BCUT2D eigenvalue weighted by Crippen LogP contribution is -1.98. The van der Waals surface area contributed by atoms with E-state index in [1.54, 1.807) is 13.2 Å². The zero-order chi connectivity index (χ0) is 9.56. The highest BCUT2D eigenvalue weighted by Gasteiger charge is 1.95. The lowest BCUT2D eigenvalue weighted by atomic mass is 10.3. The van der Waals surface area contributed by atoms with Crippen LogP contribution in [0.5, 0.6) is 0 Å². The fourth-order valence-electron chi connectivity index (χ4n) is 0.801. The van der Waals surface area contributed by atoms with Crippen molar-refractivity contribution in [1.29, 1.82) is 0 Å². The van der Waals surface area contributed by atoms with Gasteiger partial charge in [0.25, 0.3) is 0 Å². The summed E-state index contributed by atoms with van der Waals surface area (Å²) >= 11 is 0. The second kappa shape index (κ2) is 5.41. The van der Waals surface area contributed by atoms with Crippen molar-refractivity contribution < 1.29 is 0 Å². The summed E-state index contributed by atoms with van der Waals surface area (Å²) in [6.45, 7) is 5.96. The van der Waals surface area contributed by atoms with Gasteiger partial charge in [0.2, 0.25) is 0 Å². The smallest absolute Gasteiger partial charge is 0.148 e. The van der Waals surface area contributed by atoms with E-state index in [0.29, 0.717) is 5.69 Å². The first-order valence-electron chi connectivity index (χ1n) is 4.14. The number of nitrogens with one attached hydrogen (secondary N) is 1. The molecule has 0 fully saturated rings. The molecule has 0 spiro atoms. The Hall–Kier alpha value is -1.25. The van der Waals surface area contributed by atoms with Crippen LogP contribution in [0.15, 0.2) is 12.3 Å². The van der Waals surface area contributed by atoms with Gasteiger partial charge in [-0.15, -0.1) is 0 Å². The Balaban J connectivity index is 0.000000561. The van der Waals surface area contributed by atoms with Crippen molar-refractivity contribution in [2.24, 2.45) is 0 Å². The van der Waals surface area contributed by atoms with E-state index >= 15 is 0 Å². The molecule has 1 aromatic heterocycles. The van der Waals surface area contributed by atoms with E-state index in [1.807, 2.05) is 26.8 Å². The normalized spacial score (nSPS) is 8.33. The molecule has 0 aliphatic carbocycles. The summed E-state index contributed by atoms with van der Waals surface area (Å²) in [5.41, 5.74) is 7.38. The van der Waals surface area contributed by atoms with Crippen molar-refractivity contribution in [2.45, 2.75) is 20.8 Å². The van der Waals surface area contributed by atoms with E-state index in [0.717, 1.165) is 11.4 Å². The number of anilines is 2. The van der Waals surface area contributed by atoms with Gasteiger partial charge in [-0.3, -0.25) is 0 Å². The second-order valence-electron chi connectivity index (χ2n) is 2.20. The van der Waals surface area contributed by atoms with E-state index in [1.165, 1.54) is 0 Å². The number of aryl methyl sites for hydroxylation is 1. The molecule has 0 amide bonds. The third kappa shape index (κ3) is 2.78. The van der Waals surface area contributed by atoms with Crippen molar-refractivity contribution in [2.75, 3.05) is 18.1 Å². The van der Waals surface area contributed by atoms with E-state index < -0.39 is 0 Å². The highest BCUT2D eigenvalue weighted by Crippen LogP contribution is 2.14. The van der Waals surface area contributed by atoms with Gasteiger partial charge in [-0.05, 0) is 18.6 Å². The van der Waals surface area contributed by atoms with Crippen molar-refractivity contribution in [3.63, 3.8) is 0 Å². The van der Waals surface area contributed by atoms with E-state index in [2.05, 4.69) is 10.3 Å². The first kappa shape index (κ1) is 10.8. The molecule has 0 aromatic carbocycles. The average molecular weight is 167 g/mol. The fraction of sp³-hybridized carbons (Fsp3) is 0.444. The molecule has 68 valence electrons. The van der Waals surface area contributed by atoms with Gasteiger partial charge >= 0.3 is 0 Å². The predicted molar refractivity (Wildman–Crippen MR) is 54.3 cm³/mol. The second-order valence-corrected chi connectivity index (χ2v) is 2.20. The fourth-order valence-corrected chi connectivity index (χ4v) is 0.801. The molecule has 3 nitrogen and oxygen atoms in total. The third-order valence-electron chi connectivity index (χ3n) is 1.29. The highest BCUT2D eigenvalue weighted by atomic mass is 15.0. The number of nitrogens with zero attached hydrogens (tertiary/aromatic N) is 1. The molecule has 0 saturated carbocycles. The van der Waals surface area contributed by atoms with Gasteiger partial charge in [0.05, 0.1) is 5.69 Å². The summed E-state index contributed by atoms with van der Waals surface area (Å²) in [7, 11) is 1.80. The van der Waals surface area contributed by atoms with E-state index in [9.17, 15) is 0 Å². The summed E-state index contributed by atoms with van der Waals surface area (Å²) in [5, 5.41) is 2.89. The molecule has 0 saturated heterocycles. The number of pyridine rings is 1. The Kier molecular flexibility index (Phi) is 4.84. The molecule has 3 N–H and O–H groups in total. The van der Waals surface area contributed by atoms with E-state index in [4.69, 9.17) is 5.73 Å². The Morgan fingerprint density at radius 3 is 2.42 bits per heavy atom. The quantitative estimate of drug-likeness (QED) is 0.673. The van der Waals surface area contributed by atoms with E-state index in [-0.39, 0.29) is 0 Å². The van der Waals surface area contributed by atoms with Crippen LogP contribution in [0.2, 0.25) is 0 Å². The van der Waals surface area contributed by atoms with Crippen LogP contribution in [0.4, 0.5) is 11.5 Å². The number of nitrogen functional groups attached to an aromatic ring is 1. The lowest BCUT2D eigenvalue weighted by Gasteiger charge is -2.02. The molecule has 0 aliphatic heterocycles. The van der Waals surface area contributed by atoms with Gasteiger partial charge in [0.1, 0.15) is 5.82 Å². The number of rotatable bonds is 1. The minimum absolute atomic E-state index is 0.697. The largest absolute Gasteiger partial charge is 0.396 e. The zero-order valence-electron chi connectivity index (χ0n) is 8.18. The van der Waals surface area contributed by atoms with Gasteiger partial charge in [-0.25, -0.2) is 4.98 Å². The molecule has 12 heavy (non-hydrogen) atoms. The molecule has 0 atom stereocenters. The summed E-state index contributed by atoms with van der Waals surface area (Å²) < 4.78 is 0. The number of aromatic nitrogens is 1. The maximum Gasteiger partial charge on any atom is 0.148 e. The molecule has 0 aliphatic rings. The molecule has 0 bridgehead atoms. The van der Waals surface area contributed by atoms with Crippen molar-refractivity contribution >= 4 is 11.5 Å². The first-order valence-corrected chi connectivity index (χ1v) is 4.14. The Bertz CT molecular complexity index is 233. The lowest BCUT2D eigenvalue weighted by molar-refractivity contribution is 1.25. The molecule has 1 aromatic rings. The van der Waals surface area contributed by atoms with Gasteiger partial charge in [0, 0.05) is 13.2 Å². The Morgan fingerprint density at radius 1 is 1.42 bits per heavy atom. The van der Waals surface area contributed by atoms with Crippen LogP contribution < -0.4 is 11.1 Å². The standard InChI is InChI=1S/C7H11N3.C2H6/c1-5-3-6(8)7(9-2)10-4-5;1-2/h3-4H,8H2,1-2H3,(H,9,10);1-2H3. The molecular weight excluding hydrogens is 150 g/mol. The molecule has 1 rings (SSSR count). The monoisotopic (exact) mass is 167 g/mol. The van der Waals surface area contributed by atoms with Crippen molar-refractivity contribution in [3.8, 4) is 0 Å². The molecule has 0 unspecified atom stereocenters. The first-order chi connectivity index (χ1) is 5.74. The van der Waals surface area contributed by atoms with Crippen LogP contribution in [-0.4, -0.2) is 12.0 Å². The van der Waals surface area contributed by atoms with Crippen LogP contribution in [0.1, 0.15) is 19.4 Å². The van der Waals surface area contributed by atoms with Gasteiger partial charge in [-0.2, -0.15) is 0 Å². The molecular formula is C9H17N3. The number of hydrogen-bond acceptors (Lipinski definition) is 3. The van der Waals surface area contributed by atoms with Crippen LogP contribution in [0.3, 0.4) is 0 Å². The Morgan fingerprint density at radius 2 is 2.00 bits per heavy atom. The minimum atomic E-state index is 0.697. The maximum absolute atomic E-state index is 5.61. The van der Waals surface area contributed by atoms with Crippen LogP contribution in [-0.2, 0) is 0 Å². The van der Waals surface area contributed by atoms with Gasteiger partial charge in [0.15, 0.2) is 0 Å². The summed E-state index contributed by atoms with van der Waals surface area (Å²) in [6.07, 6.45) is 1.78. The van der Waals surface area contributed by atoms with Crippen molar-refractivity contribution in [1.82, 2.24) is 4.98 Å². The SMILES string of the molecule is CC.CNc1ncc(C)cc1N. The molecule has 1 heterocycles.